The molecule has 1 unspecified atom stereocenters. The number of anilines is 1. The van der Waals surface area contributed by atoms with Gasteiger partial charge in [0.15, 0.2) is 0 Å². The molecule has 0 saturated heterocycles. The number of nitriles is 1. The monoisotopic (exact) mass is 232 g/mol. The molecular weight excluding hydrogens is 212 g/mol. The lowest BCUT2D eigenvalue weighted by molar-refractivity contribution is 0.373. The van der Waals surface area contributed by atoms with Crippen LogP contribution in [0, 0.1) is 11.3 Å². The minimum absolute atomic E-state index is 0.421. The van der Waals surface area contributed by atoms with E-state index in [4.69, 9.17) is 5.26 Å². The van der Waals surface area contributed by atoms with E-state index in [1.807, 2.05) is 12.1 Å². The molecule has 4 heteroatoms. The highest BCUT2D eigenvalue weighted by molar-refractivity contribution is 5.46. The summed E-state index contributed by atoms with van der Waals surface area (Å²) in [5.41, 5.74) is 1.53. The summed E-state index contributed by atoms with van der Waals surface area (Å²) in [6.45, 7) is 6.25. The first kappa shape index (κ1) is 13.5. The van der Waals surface area contributed by atoms with Gasteiger partial charge in [0.05, 0.1) is 11.9 Å². The van der Waals surface area contributed by atoms with Crippen LogP contribution in [0.15, 0.2) is 18.3 Å². The number of aromatic nitrogens is 1. The van der Waals surface area contributed by atoms with Gasteiger partial charge in [0.1, 0.15) is 11.8 Å². The fourth-order valence-corrected chi connectivity index (χ4v) is 2.00. The summed E-state index contributed by atoms with van der Waals surface area (Å²) in [5, 5.41) is 8.72. The minimum Gasteiger partial charge on any atom is -0.367 e. The Bertz CT molecular complexity index is 377. The summed E-state index contributed by atoms with van der Waals surface area (Å²) in [4.78, 5) is 8.57. The summed E-state index contributed by atoms with van der Waals surface area (Å²) in [6.07, 6.45) is 1.77. The Morgan fingerprint density at radius 2 is 2.12 bits per heavy atom. The second-order valence-electron chi connectivity index (χ2n) is 4.41. The predicted octanol–water partition coefficient (Wildman–Crippen LogP) is 1.73. The third kappa shape index (κ3) is 3.72. The number of pyridine rings is 1. The van der Waals surface area contributed by atoms with E-state index in [9.17, 15) is 0 Å². The zero-order chi connectivity index (χ0) is 12.8. The fourth-order valence-electron chi connectivity index (χ4n) is 2.00. The van der Waals surface area contributed by atoms with Gasteiger partial charge in [0, 0.05) is 19.1 Å². The van der Waals surface area contributed by atoms with E-state index in [1.54, 1.807) is 12.3 Å². The number of nitrogens with zero attached hydrogens (tertiary/aromatic N) is 4. The molecule has 1 heterocycles. The molecule has 92 valence electrons. The summed E-state index contributed by atoms with van der Waals surface area (Å²) in [7, 11) is 4.14. The van der Waals surface area contributed by atoms with Crippen LogP contribution in [0.25, 0.3) is 0 Å². The maximum atomic E-state index is 8.72. The van der Waals surface area contributed by atoms with Gasteiger partial charge in [-0.05, 0) is 40.1 Å². The Morgan fingerprint density at radius 3 is 2.53 bits per heavy atom. The normalized spacial score (nSPS) is 12.2. The van der Waals surface area contributed by atoms with E-state index in [-0.39, 0.29) is 0 Å². The minimum atomic E-state index is 0.421. The Balaban J connectivity index is 2.82. The van der Waals surface area contributed by atoms with E-state index in [0.717, 1.165) is 18.8 Å². The Labute approximate surface area is 103 Å². The molecule has 0 aliphatic carbocycles. The number of rotatable bonds is 5. The van der Waals surface area contributed by atoms with E-state index in [2.05, 4.69) is 42.7 Å². The average molecular weight is 232 g/mol. The summed E-state index contributed by atoms with van der Waals surface area (Å²) < 4.78 is 0. The van der Waals surface area contributed by atoms with Crippen molar-refractivity contribution in [1.29, 1.82) is 5.26 Å². The van der Waals surface area contributed by atoms with Crippen LogP contribution >= 0.6 is 0 Å². The van der Waals surface area contributed by atoms with Crippen molar-refractivity contribution in [3.63, 3.8) is 0 Å². The largest absolute Gasteiger partial charge is 0.367 e. The van der Waals surface area contributed by atoms with Crippen LogP contribution in [0.3, 0.4) is 0 Å². The molecule has 1 aromatic heterocycles. The zero-order valence-corrected chi connectivity index (χ0v) is 11.0. The molecule has 0 bridgehead atoms. The maximum absolute atomic E-state index is 8.72. The predicted molar refractivity (Wildman–Crippen MR) is 70.0 cm³/mol. The second kappa shape index (κ2) is 6.21. The van der Waals surface area contributed by atoms with Gasteiger partial charge >= 0.3 is 0 Å². The van der Waals surface area contributed by atoms with Gasteiger partial charge in [0.25, 0.3) is 0 Å². The Kier molecular flexibility index (Phi) is 4.92. The van der Waals surface area contributed by atoms with Crippen molar-refractivity contribution in [3.8, 4) is 6.07 Å². The lowest BCUT2D eigenvalue weighted by Gasteiger charge is -2.31. The topological polar surface area (TPSA) is 43.2 Å². The summed E-state index contributed by atoms with van der Waals surface area (Å²) in [6, 6.07) is 6.18. The van der Waals surface area contributed by atoms with Crippen molar-refractivity contribution in [1.82, 2.24) is 9.88 Å². The van der Waals surface area contributed by atoms with Gasteiger partial charge in [-0.2, -0.15) is 5.26 Å². The van der Waals surface area contributed by atoms with Crippen LogP contribution in [0.1, 0.15) is 19.5 Å². The summed E-state index contributed by atoms with van der Waals surface area (Å²) >= 11 is 0. The molecule has 0 N–H and O–H groups in total. The van der Waals surface area contributed by atoms with Gasteiger partial charge < -0.3 is 9.80 Å². The lowest BCUT2D eigenvalue weighted by Crippen LogP contribution is -2.40. The first-order chi connectivity index (χ1) is 8.08. The third-order valence-electron chi connectivity index (χ3n) is 2.70. The molecule has 0 aliphatic heterocycles. The van der Waals surface area contributed by atoms with E-state index in [1.165, 1.54) is 0 Å². The zero-order valence-electron chi connectivity index (χ0n) is 11.0. The first-order valence-corrected chi connectivity index (χ1v) is 5.86. The van der Waals surface area contributed by atoms with Crippen LogP contribution in [-0.4, -0.2) is 43.1 Å². The van der Waals surface area contributed by atoms with Gasteiger partial charge in [-0.15, -0.1) is 0 Å². The molecule has 0 radical (unpaired) electrons. The highest BCUT2D eigenvalue weighted by Gasteiger charge is 2.13. The molecule has 0 aliphatic rings. The highest BCUT2D eigenvalue weighted by atomic mass is 15.2. The lowest BCUT2D eigenvalue weighted by atomic mass is 10.2. The van der Waals surface area contributed by atoms with Crippen LogP contribution < -0.4 is 4.90 Å². The molecule has 17 heavy (non-hydrogen) atoms. The third-order valence-corrected chi connectivity index (χ3v) is 2.70. The summed E-state index contributed by atoms with van der Waals surface area (Å²) in [5.74, 6) is 0. The smallest absolute Gasteiger partial charge is 0.140 e. The molecule has 1 aromatic rings. The van der Waals surface area contributed by atoms with Crippen LogP contribution in [0.4, 0.5) is 5.69 Å². The molecule has 1 atom stereocenters. The quantitative estimate of drug-likeness (QED) is 0.775. The van der Waals surface area contributed by atoms with Crippen LogP contribution in [-0.2, 0) is 0 Å². The van der Waals surface area contributed by atoms with Crippen molar-refractivity contribution >= 4 is 5.69 Å². The van der Waals surface area contributed by atoms with Crippen molar-refractivity contribution in [3.05, 3.63) is 24.0 Å². The highest BCUT2D eigenvalue weighted by Crippen LogP contribution is 2.16. The van der Waals surface area contributed by atoms with Crippen molar-refractivity contribution < 1.29 is 0 Å². The fraction of sp³-hybridized carbons (Fsp3) is 0.538. The molecule has 0 saturated carbocycles. The molecule has 0 aromatic carbocycles. The van der Waals surface area contributed by atoms with E-state index >= 15 is 0 Å². The van der Waals surface area contributed by atoms with Gasteiger partial charge in [-0.25, -0.2) is 4.98 Å². The molecule has 1 rings (SSSR count). The Morgan fingerprint density at radius 1 is 1.41 bits per heavy atom. The van der Waals surface area contributed by atoms with Crippen LogP contribution in [0.2, 0.25) is 0 Å². The average Bonchev–Trinajstić information content (AvgIpc) is 2.30. The number of hydrogen-bond acceptors (Lipinski definition) is 4. The van der Waals surface area contributed by atoms with Crippen molar-refractivity contribution in [2.75, 3.05) is 32.1 Å². The molecule has 0 spiro atoms. The molecule has 0 fully saturated rings. The van der Waals surface area contributed by atoms with Crippen molar-refractivity contribution in [2.45, 2.75) is 19.9 Å². The molecule has 0 amide bonds. The van der Waals surface area contributed by atoms with Crippen LogP contribution in [0.5, 0.6) is 0 Å². The number of likely N-dealkylation sites (N-methyl/N-ethyl adjacent to an activating group) is 2. The number of hydrogen-bond donors (Lipinski definition) is 0. The van der Waals surface area contributed by atoms with Gasteiger partial charge in [0.2, 0.25) is 0 Å². The van der Waals surface area contributed by atoms with E-state index in [0.29, 0.717) is 11.7 Å². The second-order valence-corrected chi connectivity index (χ2v) is 4.41. The van der Waals surface area contributed by atoms with Crippen molar-refractivity contribution in [2.24, 2.45) is 0 Å². The van der Waals surface area contributed by atoms with Gasteiger partial charge in [-0.3, -0.25) is 0 Å². The SMILES string of the molecule is CCN(c1ccc(C#N)nc1)C(C)CN(C)C. The maximum Gasteiger partial charge on any atom is 0.140 e. The standard InChI is InChI=1S/C13H20N4/c1-5-17(11(2)10-16(3)4)13-7-6-12(8-14)15-9-13/h6-7,9,11H,5,10H2,1-4H3. The Hall–Kier alpha value is -1.60. The first-order valence-electron chi connectivity index (χ1n) is 5.86. The molecule has 4 nitrogen and oxygen atoms in total. The molecular formula is C13H20N4. The van der Waals surface area contributed by atoms with Gasteiger partial charge in [-0.1, -0.05) is 0 Å². The van der Waals surface area contributed by atoms with E-state index < -0.39 is 0 Å².